The third-order valence-corrected chi connectivity index (χ3v) is 2.95. The molecule has 0 N–H and O–H groups in total. The minimum absolute atomic E-state index is 0.509. The maximum Gasteiger partial charge on any atom is 0.0544 e. The number of nitrogens with zero attached hydrogens (tertiary/aromatic N) is 2. The van der Waals surface area contributed by atoms with Crippen LogP contribution in [0.3, 0.4) is 0 Å². The van der Waals surface area contributed by atoms with Crippen LogP contribution in [0.2, 0.25) is 0 Å². The maximum atomic E-state index is 4.36. The summed E-state index contributed by atoms with van der Waals surface area (Å²) in [5.41, 5.74) is 1.67. The predicted octanol–water partition coefficient (Wildman–Crippen LogP) is 2.69. The Morgan fingerprint density at radius 2 is 2.14 bits per heavy atom. The molecule has 1 aromatic rings. The summed E-state index contributed by atoms with van der Waals surface area (Å²) >= 11 is 3.38. The van der Waals surface area contributed by atoms with Crippen molar-refractivity contribution < 1.29 is 0 Å². The quantitative estimate of drug-likeness (QED) is 0.807. The van der Waals surface area contributed by atoms with Gasteiger partial charge in [0.15, 0.2) is 0 Å². The van der Waals surface area contributed by atoms with Crippen LogP contribution in [0.1, 0.15) is 19.5 Å². The third kappa shape index (κ3) is 2.34. The summed E-state index contributed by atoms with van der Waals surface area (Å²) in [6.07, 6.45) is 1.86. The fourth-order valence-electron chi connectivity index (χ4n) is 2.01. The van der Waals surface area contributed by atoms with E-state index in [9.17, 15) is 0 Å². The number of halogens is 1. The van der Waals surface area contributed by atoms with Gasteiger partial charge < -0.3 is 0 Å². The molecule has 0 radical (unpaired) electrons. The molecule has 1 aliphatic heterocycles. The molecule has 0 aliphatic carbocycles. The summed E-state index contributed by atoms with van der Waals surface area (Å²) < 4.78 is 1.05. The molecule has 3 heteroatoms. The van der Waals surface area contributed by atoms with Crippen LogP contribution in [0.4, 0.5) is 0 Å². The van der Waals surface area contributed by atoms with Crippen LogP contribution in [0, 0.1) is 5.41 Å². The molecule has 2 rings (SSSR count). The molecular weight excluding hydrogens is 240 g/mol. The van der Waals surface area contributed by atoms with Gasteiger partial charge in [0, 0.05) is 30.3 Å². The molecule has 0 spiro atoms. The average Bonchev–Trinajstić information content (AvgIpc) is 2.06. The van der Waals surface area contributed by atoms with Crippen molar-refractivity contribution in [2.45, 2.75) is 20.4 Å². The van der Waals surface area contributed by atoms with E-state index in [1.165, 1.54) is 13.1 Å². The Hall–Kier alpha value is -0.410. The Labute approximate surface area is 93.5 Å². The number of hydrogen-bond donors (Lipinski definition) is 0. The first-order valence-corrected chi connectivity index (χ1v) is 5.67. The van der Waals surface area contributed by atoms with Gasteiger partial charge in [-0.3, -0.25) is 9.88 Å². The zero-order valence-corrected chi connectivity index (χ0v) is 10.2. The molecule has 2 nitrogen and oxygen atoms in total. The zero-order chi connectivity index (χ0) is 10.2. The second-order valence-electron chi connectivity index (χ2n) is 4.78. The Balaban J connectivity index is 1.90. The van der Waals surface area contributed by atoms with Gasteiger partial charge in [0.05, 0.1) is 5.69 Å². The van der Waals surface area contributed by atoms with Gasteiger partial charge in [0.2, 0.25) is 0 Å². The highest BCUT2D eigenvalue weighted by molar-refractivity contribution is 9.10. The van der Waals surface area contributed by atoms with Crippen LogP contribution in [-0.2, 0) is 6.54 Å². The van der Waals surface area contributed by atoms with Crippen LogP contribution in [0.25, 0.3) is 0 Å². The van der Waals surface area contributed by atoms with E-state index in [1.54, 1.807) is 0 Å². The molecule has 0 aromatic carbocycles. The first-order valence-electron chi connectivity index (χ1n) is 4.88. The summed E-state index contributed by atoms with van der Waals surface area (Å²) in [6.45, 7) is 7.96. The molecule has 1 saturated heterocycles. The molecule has 0 unspecified atom stereocenters. The van der Waals surface area contributed by atoms with Crippen molar-refractivity contribution in [3.05, 3.63) is 28.5 Å². The van der Waals surface area contributed by atoms with Crippen molar-refractivity contribution in [3.8, 4) is 0 Å². The van der Waals surface area contributed by atoms with E-state index in [4.69, 9.17) is 0 Å². The molecule has 14 heavy (non-hydrogen) atoms. The summed E-state index contributed by atoms with van der Waals surface area (Å²) in [4.78, 5) is 6.79. The van der Waals surface area contributed by atoms with E-state index in [-0.39, 0.29) is 0 Å². The fourth-order valence-corrected chi connectivity index (χ4v) is 2.24. The minimum atomic E-state index is 0.509. The first-order chi connectivity index (χ1) is 6.55. The van der Waals surface area contributed by atoms with Crippen molar-refractivity contribution in [1.29, 1.82) is 0 Å². The summed E-state index contributed by atoms with van der Waals surface area (Å²) in [6, 6.07) is 4.13. The van der Waals surface area contributed by atoms with Gasteiger partial charge in [-0.05, 0) is 33.5 Å². The van der Waals surface area contributed by atoms with Crippen LogP contribution >= 0.6 is 15.9 Å². The summed E-state index contributed by atoms with van der Waals surface area (Å²) in [5, 5.41) is 0. The predicted molar refractivity (Wildman–Crippen MR) is 61.0 cm³/mol. The lowest BCUT2D eigenvalue weighted by Crippen LogP contribution is -2.52. The molecule has 76 valence electrons. The van der Waals surface area contributed by atoms with Gasteiger partial charge in [-0.2, -0.15) is 0 Å². The highest BCUT2D eigenvalue weighted by Crippen LogP contribution is 2.29. The van der Waals surface area contributed by atoms with E-state index in [0.717, 1.165) is 16.7 Å². The molecular formula is C11H15BrN2. The maximum absolute atomic E-state index is 4.36. The topological polar surface area (TPSA) is 16.1 Å². The second kappa shape index (κ2) is 3.63. The minimum Gasteiger partial charge on any atom is -0.296 e. The Bertz CT molecular complexity index is 311. The van der Waals surface area contributed by atoms with E-state index < -0.39 is 0 Å². The van der Waals surface area contributed by atoms with Crippen molar-refractivity contribution in [3.63, 3.8) is 0 Å². The highest BCUT2D eigenvalue weighted by atomic mass is 79.9. The van der Waals surface area contributed by atoms with Crippen molar-refractivity contribution in [1.82, 2.24) is 9.88 Å². The van der Waals surface area contributed by atoms with Gasteiger partial charge in [-0.25, -0.2) is 0 Å². The van der Waals surface area contributed by atoms with E-state index in [0.29, 0.717) is 5.41 Å². The Kier molecular flexibility index (Phi) is 2.62. The largest absolute Gasteiger partial charge is 0.296 e. The number of aromatic nitrogens is 1. The molecule has 0 atom stereocenters. The number of pyridine rings is 1. The molecule has 0 bridgehead atoms. The Morgan fingerprint density at radius 3 is 2.64 bits per heavy atom. The molecule has 0 amide bonds. The van der Waals surface area contributed by atoms with Crippen LogP contribution in [0.15, 0.2) is 22.8 Å². The average molecular weight is 255 g/mol. The van der Waals surface area contributed by atoms with Crippen molar-refractivity contribution >= 4 is 15.9 Å². The molecule has 1 aromatic heterocycles. The highest BCUT2D eigenvalue weighted by Gasteiger charge is 2.33. The van der Waals surface area contributed by atoms with Gasteiger partial charge in [-0.15, -0.1) is 0 Å². The number of hydrogen-bond acceptors (Lipinski definition) is 2. The zero-order valence-electron chi connectivity index (χ0n) is 8.63. The smallest absolute Gasteiger partial charge is 0.0544 e. The van der Waals surface area contributed by atoms with Gasteiger partial charge in [0.1, 0.15) is 0 Å². The lowest BCUT2D eigenvalue weighted by atomic mass is 9.84. The van der Waals surface area contributed by atoms with Gasteiger partial charge in [-0.1, -0.05) is 13.8 Å². The normalized spacial score (nSPS) is 20.5. The molecule has 2 heterocycles. The van der Waals surface area contributed by atoms with E-state index in [2.05, 4.69) is 45.7 Å². The van der Waals surface area contributed by atoms with Crippen LogP contribution in [-0.4, -0.2) is 23.0 Å². The molecule has 1 fully saturated rings. The standard InChI is InChI=1S/C11H15BrN2/c1-11(2)7-14(8-11)6-10-4-3-9(12)5-13-10/h3-5H,6-8H2,1-2H3. The number of likely N-dealkylation sites (tertiary alicyclic amines) is 1. The lowest BCUT2D eigenvalue weighted by molar-refractivity contribution is 0.0232. The Morgan fingerprint density at radius 1 is 1.43 bits per heavy atom. The van der Waals surface area contributed by atoms with Crippen molar-refractivity contribution in [2.75, 3.05) is 13.1 Å². The van der Waals surface area contributed by atoms with Crippen LogP contribution < -0.4 is 0 Å². The van der Waals surface area contributed by atoms with Gasteiger partial charge >= 0.3 is 0 Å². The van der Waals surface area contributed by atoms with Gasteiger partial charge in [0.25, 0.3) is 0 Å². The van der Waals surface area contributed by atoms with E-state index >= 15 is 0 Å². The SMILES string of the molecule is CC1(C)CN(Cc2ccc(Br)cn2)C1. The third-order valence-electron chi connectivity index (χ3n) is 2.48. The van der Waals surface area contributed by atoms with Crippen LogP contribution in [0.5, 0.6) is 0 Å². The summed E-state index contributed by atoms with van der Waals surface area (Å²) in [7, 11) is 0. The van der Waals surface area contributed by atoms with E-state index in [1.807, 2.05) is 12.3 Å². The molecule has 1 aliphatic rings. The summed E-state index contributed by atoms with van der Waals surface area (Å²) in [5.74, 6) is 0. The monoisotopic (exact) mass is 254 g/mol. The first kappa shape index (κ1) is 10.1. The number of rotatable bonds is 2. The fraction of sp³-hybridized carbons (Fsp3) is 0.545. The second-order valence-corrected chi connectivity index (χ2v) is 5.69. The molecule has 0 saturated carbocycles. The van der Waals surface area contributed by atoms with Crippen molar-refractivity contribution in [2.24, 2.45) is 5.41 Å². The lowest BCUT2D eigenvalue weighted by Gasteiger charge is -2.45.